The maximum absolute atomic E-state index is 14.1. The van der Waals surface area contributed by atoms with Gasteiger partial charge in [0.1, 0.15) is 12.4 Å². The number of aromatic nitrogens is 3. The van der Waals surface area contributed by atoms with Crippen molar-refractivity contribution in [3.8, 4) is 0 Å². The van der Waals surface area contributed by atoms with Crippen LogP contribution in [0.3, 0.4) is 0 Å². The number of allylic oxidation sites excluding steroid dienone is 5. The molecule has 1 atom stereocenters. The molecule has 1 N–H and O–H groups in total. The van der Waals surface area contributed by atoms with Crippen LogP contribution >= 0.6 is 11.6 Å². The molecule has 1 saturated heterocycles. The minimum absolute atomic E-state index is 0.0219. The van der Waals surface area contributed by atoms with E-state index in [1.54, 1.807) is 12.3 Å². The van der Waals surface area contributed by atoms with Crippen LogP contribution in [0.5, 0.6) is 0 Å². The predicted octanol–water partition coefficient (Wildman–Crippen LogP) is 7.59. The number of pyridine rings is 1. The smallest absolute Gasteiger partial charge is 0.333 e. The summed E-state index contributed by atoms with van der Waals surface area (Å²) in [6.45, 7) is 3.83. The Hall–Kier alpha value is -3.62. The number of amides is 1. The second kappa shape index (κ2) is 15.3. The fourth-order valence-corrected chi connectivity index (χ4v) is 7.06. The number of halogens is 1. The molecule has 2 aliphatic carbocycles. The van der Waals surface area contributed by atoms with Crippen LogP contribution in [0, 0.1) is 12.8 Å². The van der Waals surface area contributed by atoms with E-state index < -0.39 is 0 Å². The largest absolute Gasteiger partial charge is 0.491 e. The highest BCUT2D eigenvalue weighted by atomic mass is 35.5. The van der Waals surface area contributed by atoms with Crippen molar-refractivity contribution in [3.05, 3.63) is 93.4 Å². The van der Waals surface area contributed by atoms with Gasteiger partial charge in [0, 0.05) is 31.1 Å². The second-order valence-corrected chi connectivity index (χ2v) is 13.3. The minimum atomic E-state index is -0.132. The molecule has 46 heavy (non-hydrogen) atoms. The quantitative estimate of drug-likeness (QED) is 0.273. The van der Waals surface area contributed by atoms with Gasteiger partial charge >= 0.3 is 5.69 Å². The van der Waals surface area contributed by atoms with E-state index in [0.29, 0.717) is 35.3 Å². The van der Waals surface area contributed by atoms with Crippen LogP contribution in [0.4, 0.5) is 0 Å². The number of benzene rings is 1. The number of ether oxygens (including phenoxy) is 2. The SMILES string of the molecule is Cc1ncc(Cl)cc1C(=O)N[C@H]1CC[C@H](Cn2c(=O)n(C3=C/CC/C=C(OC[C@H]4CCCCCCO4)/C=C\3)c3ccccc32)CC1. The highest BCUT2D eigenvalue weighted by molar-refractivity contribution is 6.30. The zero-order valence-corrected chi connectivity index (χ0v) is 27.5. The number of rotatable bonds is 8. The van der Waals surface area contributed by atoms with E-state index in [0.717, 1.165) is 80.5 Å². The lowest BCUT2D eigenvalue weighted by atomic mass is 9.85. The molecule has 3 heterocycles. The Morgan fingerprint density at radius 1 is 1.02 bits per heavy atom. The summed E-state index contributed by atoms with van der Waals surface area (Å²) in [5.41, 5.74) is 3.88. The third kappa shape index (κ3) is 7.84. The number of para-hydroxylation sites is 2. The third-order valence-electron chi connectivity index (χ3n) is 9.51. The molecule has 8 nitrogen and oxygen atoms in total. The van der Waals surface area contributed by atoms with Gasteiger partial charge in [-0.15, -0.1) is 0 Å². The molecule has 1 aromatic carbocycles. The lowest BCUT2D eigenvalue weighted by Crippen LogP contribution is -2.39. The average Bonchev–Trinajstić information content (AvgIpc) is 3.30. The van der Waals surface area contributed by atoms with Gasteiger partial charge in [0.05, 0.1) is 33.4 Å². The molecule has 1 aliphatic heterocycles. The Kier molecular flexibility index (Phi) is 10.8. The number of fused-ring (bicyclic) bond motifs is 1. The molecule has 0 spiro atoms. The second-order valence-electron chi connectivity index (χ2n) is 12.8. The minimum Gasteiger partial charge on any atom is -0.491 e. The van der Waals surface area contributed by atoms with Crippen LogP contribution in [0.25, 0.3) is 16.7 Å². The molecule has 0 radical (unpaired) electrons. The molecule has 2 aromatic heterocycles. The summed E-state index contributed by atoms with van der Waals surface area (Å²) < 4.78 is 16.0. The molecule has 2 fully saturated rings. The van der Waals surface area contributed by atoms with Gasteiger partial charge in [0.25, 0.3) is 5.91 Å². The summed E-state index contributed by atoms with van der Waals surface area (Å²) in [7, 11) is 0. The first-order valence-electron chi connectivity index (χ1n) is 16.9. The van der Waals surface area contributed by atoms with E-state index in [9.17, 15) is 9.59 Å². The van der Waals surface area contributed by atoms with Gasteiger partial charge in [-0.05, 0) is 101 Å². The number of hydrogen-bond donors (Lipinski definition) is 1. The van der Waals surface area contributed by atoms with E-state index in [1.165, 1.54) is 19.3 Å². The number of aryl methyl sites for hydroxylation is 1. The fraction of sp³-hybridized carbons (Fsp3) is 0.486. The zero-order chi connectivity index (χ0) is 31.9. The van der Waals surface area contributed by atoms with Crippen LogP contribution in [0.2, 0.25) is 5.02 Å². The number of carbonyl (C=O) groups excluding carboxylic acids is 1. The van der Waals surface area contributed by atoms with E-state index in [1.807, 2.05) is 52.5 Å². The highest BCUT2D eigenvalue weighted by Gasteiger charge is 2.26. The van der Waals surface area contributed by atoms with Gasteiger partial charge in [-0.3, -0.25) is 18.9 Å². The lowest BCUT2D eigenvalue weighted by Gasteiger charge is -2.29. The van der Waals surface area contributed by atoms with Crippen molar-refractivity contribution in [2.24, 2.45) is 5.92 Å². The van der Waals surface area contributed by atoms with Crippen molar-refractivity contribution in [2.45, 2.75) is 96.2 Å². The van der Waals surface area contributed by atoms with Gasteiger partial charge in [-0.2, -0.15) is 0 Å². The molecule has 0 unspecified atom stereocenters. The van der Waals surface area contributed by atoms with Crippen molar-refractivity contribution >= 4 is 34.2 Å². The number of hydrogen-bond acceptors (Lipinski definition) is 5. The predicted molar refractivity (Wildman–Crippen MR) is 183 cm³/mol. The van der Waals surface area contributed by atoms with Crippen molar-refractivity contribution in [2.75, 3.05) is 13.2 Å². The molecule has 1 saturated carbocycles. The van der Waals surface area contributed by atoms with Crippen molar-refractivity contribution < 1.29 is 14.3 Å². The van der Waals surface area contributed by atoms with E-state index in [2.05, 4.69) is 22.5 Å². The van der Waals surface area contributed by atoms with Crippen LogP contribution in [-0.4, -0.2) is 45.4 Å². The Morgan fingerprint density at radius 3 is 2.65 bits per heavy atom. The monoisotopic (exact) mass is 644 g/mol. The molecule has 1 amide bonds. The summed E-state index contributed by atoms with van der Waals surface area (Å²) in [4.78, 5) is 31.2. The zero-order valence-electron chi connectivity index (χ0n) is 26.8. The van der Waals surface area contributed by atoms with Gasteiger partial charge < -0.3 is 14.8 Å². The lowest BCUT2D eigenvalue weighted by molar-refractivity contribution is -0.00888. The first kappa shape index (κ1) is 32.3. The summed E-state index contributed by atoms with van der Waals surface area (Å²) in [6.07, 6.45) is 21.1. The first-order chi connectivity index (χ1) is 22.5. The van der Waals surface area contributed by atoms with E-state index in [4.69, 9.17) is 21.1 Å². The number of imidazole rings is 1. The first-order valence-corrected chi connectivity index (χ1v) is 17.3. The van der Waals surface area contributed by atoms with Crippen molar-refractivity contribution in [3.63, 3.8) is 0 Å². The Bertz CT molecular complexity index is 1670. The average molecular weight is 645 g/mol. The van der Waals surface area contributed by atoms with Gasteiger partial charge in [0.15, 0.2) is 0 Å². The maximum Gasteiger partial charge on any atom is 0.333 e. The topological polar surface area (TPSA) is 87.4 Å². The van der Waals surface area contributed by atoms with Crippen molar-refractivity contribution in [1.82, 2.24) is 19.4 Å². The number of nitrogens with zero attached hydrogens (tertiary/aromatic N) is 3. The molecule has 3 aliphatic rings. The highest BCUT2D eigenvalue weighted by Crippen LogP contribution is 2.28. The molecule has 0 bridgehead atoms. The molecule has 3 aromatic rings. The Labute approximate surface area is 276 Å². The summed E-state index contributed by atoms with van der Waals surface area (Å²) >= 11 is 6.08. The van der Waals surface area contributed by atoms with Crippen LogP contribution in [0.1, 0.15) is 86.7 Å². The van der Waals surface area contributed by atoms with Crippen LogP contribution in [-0.2, 0) is 16.0 Å². The van der Waals surface area contributed by atoms with E-state index >= 15 is 0 Å². The molecular weight excluding hydrogens is 600 g/mol. The molecule has 9 heteroatoms. The fourth-order valence-electron chi connectivity index (χ4n) is 6.90. The van der Waals surface area contributed by atoms with Crippen LogP contribution in [0.15, 0.2) is 71.4 Å². The summed E-state index contributed by atoms with van der Waals surface area (Å²) in [5.74, 6) is 1.05. The standard InChI is InChI=1S/C37H45ClN4O4/c1-26-33(22-28(38)23-39-26)36(43)40-29-17-15-27(16-18-29)24-41-34-13-7-8-14-35(34)42(37(41)44)30-10-5-6-11-31(20-19-30)46-25-32-12-4-2-3-9-21-45-32/h7-8,10-11,13-14,19-20,22-23,27,29,32H,2-6,9,12,15-18,21,24-25H2,1H3,(H,40,43)/b20-19-,30-10+,31-11-/t27-,29-,32-/m1/s1. The van der Waals surface area contributed by atoms with Gasteiger partial charge in [0.2, 0.25) is 0 Å². The summed E-state index contributed by atoms with van der Waals surface area (Å²) in [5, 5.41) is 3.63. The maximum atomic E-state index is 14.1. The Balaban J connectivity index is 1.12. The molecule has 6 rings (SSSR count). The molecular formula is C37H45ClN4O4. The van der Waals surface area contributed by atoms with Crippen LogP contribution < -0.4 is 11.0 Å². The third-order valence-corrected chi connectivity index (χ3v) is 9.72. The van der Waals surface area contributed by atoms with E-state index in [-0.39, 0.29) is 23.7 Å². The number of nitrogens with one attached hydrogen (secondary N) is 1. The molecule has 244 valence electrons. The van der Waals surface area contributed by atoms with Gasteiger partial charge in [-0.25, -0.2) is 4.79 Å². The normalized spacial score (nSPS) is 25.6. The Morgan fingerprint density at radius 2 is 1.80 bits per heavy atom. The number of carbonyl (C=O) groups is 1. The van der Waals surface area contributed by atoms with Gasteiger partial charge in [-0.1, -0.05) is 49.1 Å². The summed E-state index contributed by atoms with van der Waals surface area (Å²) in [6, 6.07) is 9.82. The van der Waals surface area contributed by atoms with Crippen molar-refractivity contribution in [1.29, 1.82) is 0 Å².